The van der Waals surface area contributed by atoms with Crippen LogP contribution in [-0.4, -0.2) is 28.9 Å². The Kier molecular flexibility index (Phi) is 4.25. The normalized spacial score (nSPS) is 15.7. The fourth-order valence-corrected chi connectivity index (χ4v) is 1.97. The highest BCUT2D eigenvalue weighted by Crippen LogP contribution is 2.32. The van der Waals surface area contributed by atoms with Gasteiger partial charge in [0.25, 0.3) is 5.69 Å². The molecule has 6 nitrogen and oxygen atoms in total. The molecule has 22 heavy (non-hydrogen) atoms. The molecule has 0 heterocycles. The molecule has 120 valence electrons. The zero-order valence-corrected chi connectivity index (χ0v) is 11.8. The number of guanidine groups is 1. The Morgan fingerprint density at radius 3 is 2.59 bits per heavy atom. The quantitative estimate of drug-likeness (QED) is 0.400. The molecule has 0 saturated heterocycles. The van der Waals surface area contributed by atoms with Crippen molar-refractivity contribution in [1.29, 1.82) is 0 Å². The minimum Gasteiger partial charge on any atom is -0.370 e. The highest BCUT2D eigenvalue weighted by atomic mass is 19.4. The maximum absolute atomic E-state index is 12.8. The van der Waals surface area contributed by atoms with E-state index >= 15 is 0 Å². The highest BCUT2D eigenvalue weighted by molar-refractivity contribution is 5.78. The first-order chi connectivity index (χ1) is 10.2. The molecule has 0 atom stereocenters. The zero-order valence-electron chi connectivity index (χ0n) is 11.8. The van der Waals surface area contributed by atoms with Crippen LogP contribution in [0.25, 0.3) is 0 Å². The Bertz CT molecular complexity index is 612. The molecule has 1 aromatic carbocycles. The summed E-state index contributed by atoms with van der Waals surface area (Å²) in [6.07, 6.45) is -2.65. The summed E-state index contributed by atoms with van der Waals surface area (Å²) in [5, 5.41) is 10.7. The number of benzene rings is 1. The molecule has 1 fully saturated rings. The molecule has 1 aliphatic rings. The zero-order chi connectivity index (χ0) is 16.5. The van der Waals surface area contributed by atoms with E-state index < -0.39 is 22.4 Å². The summed E-state index contributed by atoms with van der Waals surface area (Å²) in [5.41, 5.74) is 4.15. The number of nitro benzene ring substituents is 1. The average molecular weight is 316 g/mol. The van der Waals surface area contributed by atoms with Crippen LogP contribution in [0, 0.1) is 10.1 Å². The Hall–Kier alpha value is -2.32. The second-order valence-electron chi connectivity index (χ2n) is 5.16. The summed E-state index contributed by atoms with van der Waals surface area (Å²) in [6, 6.07) is 2.75. The summed E-state index contributed by atoms with van der Waals surface area (Å²) in [5.74, 6) is 0.211. The first kappa shape index (κ1) is 16.1. The van der Waals surface area contributed by atoms with E-state index in [9.17, 15) is 23.3 Å². The van der Waals surface area contributed by atoms with Gasteiger partial charge in [-0.05, 0) is 24.5 Å². The van der Waals surface area contributed by atoms with Gasteiger partial charge in [-0.3, -0.25) is 10.1 Å². The largest absolute Gasteiger partial charge is 0.416 e. The van der Waals surface area contributed by atoms with Crippen molar-refractivity contribution in [3.63, 3.8) is 0 Å². The van der Waals surface area contributed by atoms with Crippen LogP contribution in [0.2, 0.25) is 0 Å². The first-order valence-electron chi connectivity index (χ1n) is 6.57. The predicted octanol–water partition coefficient (Wildman–Crippen LogP) is 2.52. The number of nitro groups is 1. The SMILES string of the molecule is CN(C(N)=NCc1cc([N+](=O)[O-])cc(C(F)(F)F)c1)C1CC1. The van der Waals surface area contributed by atoms with E-state index in [-0.39, 0.29) is 18.1 Å². The lowest BCUT2D eigenvalue weighted by Gasteiger charge is -2.17. The number of non-ortho nitro benzene ring substituents is 1. The molecule has 0 aromatic heterocycles. The van der Waals surface area contributed by atoms with Gasteiger partial charge in [0.2, 0.25) is 0 Å². The van der Waals surface area contributed by atoms with Gasteiger partial charge in [0, 0.05) is 25.2 Å². The monoisotopic (exact) mass is 316 g/mol. The van der Waals surface area contributed by atoms with Gasteiger partial charge in [0.1, 0.15) is 0 Å². The van der Waals surface area contributed by atoms with Crippen LogP contribution in [0.15, 0.2) is 23.2 Å². The molecule has 2 N–H and O–H groups in total. The standard InChI is InChI=1S/C13H15F3N4O2/c1-19(10-2-3-10)12(17)18-7-8-4-9(13(14,15)16)6-11(5-8)20(21)22/h4-6,10H,2-3,7H2,1H3,(H2,17,18). The minimum absolute atomic E-state index is 0.0914. The Morgan fingerprint density at radius 2 is 2.09 bits per heavy atom. The lowest BCUT2D eigenvalue weighted by atomic mass is 10.1. The van der Waals surface area contributed by atoms with Crippen LogP contribution >= 0.6 is 0 Å². The highest BCUT2D eigenvalue weighted by Gasteiger charge is 2.32. The number of alkyl halides is 3. The molecule has 1 saturated carbocycles. The third-order valence-electron chi connectivity index (χ3n) is 3.40. The van der Waals surface area contributed by atoms with Gasteiger partial charge in [-0.15, -0.1) is 0 Å². The molecule has 0 aliphatic heterocycles. The fraction of sp³-hybridized carbons (Fsp3) is 0.462. The summed E-state index contributed by atoms with van der Waals surface area (Å²) >= 11 is 0. The average Bonchev–Trinajstić information content (AvgIpc) is 3.27. The van der Waals surface area contributed by atoms with Gasteiger partial charge < -0.3 is 10.6 Å². The van der Waals surface area contributed by atoms with Crippen molar-refractivity contribution < 1.29 is 18.1 Å². The van der Waals surface area contributed by atoms with E-state index in [1.54, 1.807) is 11.9 Å². The maximum Gasteiger partial charge on any atom is 0.416 e. The van der Waals surface area contributed by atoms with Crippen molar-refractivity contribution >= 4 is 11.6 Å². The fourth-order valence-electron chi connectivity index (χ4n) is 1.97. The maximum atomic E-state index is 12.8. The molecule has 0 spiro atoms. The number of aliphatic imine (C=N–C) groups is 1. The predicted molar refractivity (Wildman–Crippen MR) is 74.2 cm³/mol. The molecule has 1 aliphatic carbocycles. The molecule has 0 unspecified atom stereocenters. The van der Waals surface area contributed by atoms with E-state index in [0.717, 1.165) is 25.0 Å². The van der Waals surface area contributed by atoms with E-state index in [4.69, 9.17) is 5.73 Å². The smallest absolute Gasteiger partial charge is 0.370 e. The molecule has 2 rings (SSSR count). The lowest BCUT2D eigenvalue weighted by molar-refractivity contribution is -0.385. The third kappa shape index (κ3) is 3.86. The van der Waals surface area contributed by atoms with Gasteiger partial charge in [0.15, 0.2) is 5.96 Å². The van der Waals surface area contributed by atoms with Crippen LogP contribution in [-0.2, 0) is 12.7 Å². The van der Waals surface area contributed by atoms with Crippen molar-refractivity contribution in [1.82, 2.24) is 4.90 Å². The number of rotatable bonds is 4. The lowest BCUT2D eigenvalue weighted by Crippen LogP contribution is -2.35. The minimum atomic E-state index is -4.65. The van der Waals surface area contributed by atoms with E-state index in [1.165, 1.54) is 0 Å². The number of halogens is 3. The van der Waals surface area contributed by atoms with Gasteiger partial charge in [-0.2, -0.15) is 13.2 Å². The van der Waals surface area contributed by atoms with Gasteiger partial charge >= 0.3 is 6.18 Å². The number of hydrogen-bond donors (Lipinski definition) is 1. The first-order valence-corrected chi connectivity index (χ1v) is 6.57. The summed E-state index contributed by atoms with van der Waals surface area (Å²) < 4.78 is 38.3. The van der Waals surface area contributed by atoms with Crippen LogP contribution in [0.5, 0.6) is 0 Å². The van der Waals surface area contributed by atoms with Crippen LogP contribution in [0.1, 0.15) is 24.0 Å². The third-order valence-corrected chi connectivity index (χ3v) is 3.40. The topological polar surface area (TPSA) is 84.8 Å². The Labute approximate surface area is 124 Å². The van der Waals surface area contributed by atoms with Gasteiger partial charge in [-0.1, -0.05) is 0 Å². The van der Waals surface area contributed by atoms with Crippen molar-refractivity contribution in [2.24, 2.45) is 10.7 Å². The van der Waals surface area contributed by atoms with E-state index in [0.29, 0.717) is 12.1 Å². The summed E-state index contributed by atoms with van der Waals surface area (Å²) in [6.45, 7) is -0.145. The van der Waals surface area contributed by atoms with Crippen molar-refractivity contribution in [3.8, 4) is 0 Å². The molecule has 0 bridgehead atoms. The number of nitrogens with zero attached hydrogens (tertiary/aromatic N) is 3. The van der Waals surface area contributed by atoms with Crippen LogP contribution in [0.4, 0.5) is 18.9 Å². The van der Waals surface area contributed by atoms with E-state index in [1.807, 2.05) is 0 Å². The number of hydrogen-bond acceptors (Lipinski definition) is 3. The Morgan fingerprint density at radius 1 is 1.45 bits per heavy atom. The van der Waals surface area contributed by atoms with Crippen molar-refractivity contribution in [2.75, 3.05) is 7.05 Å². The molecule has 9 heteroatoms. The van der Waals surface area contributed by atoms with Crippen LogP contribution in [0.3, 0.4) is 0 Å². The van der Waals surface area contributed by atoms with Gasteiger partial charge in [0.05, 0.1) is 17.0 Å². The Balaban J connectivity index is 2.24. The molecule has 0 radical (unpaired) electrons. The van der Waals surface area contributed by atoms with Gasteiger partial charge in [-0.25, -0.2) is 4.99 Å². The second kappa shape index (κ2) is 5.82. The van der Waals surface area contributed by atoms with E-state index in [2.05, 4.69) is 4.99 Å². The summed E-state index contributed by atoms with van der Waals surface area (Å²) in [7, 11) is 1.76. The van der Waals surface area contributed by atoms with Crippen molar-refractivity contribution in [3.05, 3.63) is 39.4 Å². The molecular weight excluding hydrogens is 301 g/mol. The molecular formula is C13H15F3N4O2. The molecule has 0 amide bonds. The summed E-state index contributed by atoms with van der Waals surface area (Å²) in [4.78, 5) is 15.6. The number of nitrogens with two attached hydrogens (primary N) is 1. The second-order valence-corrected chi connectivity index (χ2v) is 5.16. The van der Waals surface area contributed by atoms with Crippen molar-refractivity contribution in [2.45, 2.75) is 31.6 Å². The van der Waals surface area contributed by atoms with Crippen LogP contribution < -0.4 is 5.73 Å². The molecule has 1 aromatic rings.